The van der Waals surface area contributed by atoms with Gasteiger partial charge in [-0.2, -0.15) is 0 Å². The normalized spacial score (nSPS) is 14.9. The van der Waals surface area contributed by atoms with Gasteiger partial charge in [0, 0.05) is 31.5 Å². The molecule has 2 rings (SSSR count). The van der Waals surface area contributed by atoms with Crippen molar-refractivity contribution in [2.45, 2.75) is 51.6 Å². The van der Waals surface area contributed by atoms with E-state index in [-0.39, 0.29) is 11.9 Å². The van der Waals surface area contributed by atoms with Gasteiger partial charge in [-0.05, 0) is 37.5 Å². The fourth-order valence-corrected chi connectivity index (χ4v) is 2.81. The van der Waals surface area contributed by atoms with Crippen LogP contribution < -0.4 is 16.0 Å². The van der Waals surface area contributed by atoms with Crippen LogP contribution >= 0.6 is 0 Å². The van der Waals surface area contributed by atoms with Crippen molar-refractivity contribution >= 4 is 23.3 Å². The molecule has 132 valence electrons. The smallest absolute Gasteiger partial charge is 0.319 e. The number of benzene rings is 1. The Morgan fingerprint density at radius 3 is 2.54 bits per heavy atom. The summed E-state index contributed by atoms with van der Waals surface area (Å²) in [4.78, 5) is 22.9. The van der Waals surface area contributed by atoms with Crippen LogP contribution in [0.15, 0.2) is 24.3 Å². The van der Waals surface area contributed by atoms with Gasteiger partial charge in [0.05, 0.1) is 6.10 Å². The molecule has 1 aromatic carbocycles. The number of hydrogen-bond acceptors (Lipinski definition) is 3. The number of carbonyl (C=O) groups is 2. The average molecular weight is 333 g/mol. The number of carbonyl (C=O) groups excluding carboxylic acids is 2. The molecule has 0 aliphatic heterocycles. The molecule has 1 saturated carbocycles. The molecule has 0 heterocycles. The molecule has 0 bridgehead atoms. The zero-order valence-electron chi connectivity index (χ0n) is 14.3. The highest BCUT2D eigenvalue weighted by Crippen LogP contribution is 2.20. The highest BCUT2D eigenvalue weighted by Gasteiger charge is 2.13. The van der Waals surface area contributed by atoms with E-state index in [4.69, 9.17) is 4.74 Å². The first kappa shape index (κ1) is 18.3. The molecule has 6 heteroatoms. The molecule has 1 fully saturated rings. The van der Waals surface area contributed by atoms with Gasteiger partial charge in [-0.25, -0.2) is 4.79 Å². The van der Waals surface area contributed by atoms with E-state index in [1.54, 1.807) is 24.3 Å². The molecule has 1 aliphatic carbocycles. The lowest BCUT2D eigenvalue weighted by molar-refractivity contribution is -0.114. The Kier molecular flexibility index (Phi) is 7.55. The summed E-state index contributed by atoms with van der Waals surface area (Å²) in [5, 5.41) is 8.25. The van der Waals surface area contributed by atoms with Crippen LogP contribution in [-0.2, 0) is 9.53 Å². The minimum Gasteiger partial charge on any atom is -0.378 e. The number of urea groups is 1. The van der Waals surface area contributed by atoms with Crippen LogP contribution in [0.5, 0.6) is 0 Å². The number of nitrogens with one attached hydrogen (secondary N) is 3. The fraction of sp³-hybridized carbons (Fsp3) is 0.556. The third kappa shape index (κ3) is 7.00. The van der Waals surface area contributed by atoms with E-state index in [0.29, 0.717) is 30.6 Å². The first-order chi connectivity index (χ1) is 11.6. The second-order valence-electron chi connectivity index (χ2n) is 6.13. The van der Waals surface area contributed by atoms with Gasteiger partial charge < -0.3 is 20.7 Å². The molecule has 6 nitrogen and oxygen atoms in total. The van der Waals surface area contributed by atoms with E-state index < -0.39 is 0 Å². The van der Waals surface area contributed by atoms with Crippen molar-refractivity contribution in [1.82, 2.24) is 5.32 Å². The second-order valence-corrected chi connectivity index (χ2v) is 6.13. The van der Waals surface area contributed by atoms with Crippen molar-refractivity contribution in [1.29, 1.82) is 0 Å². The first-order valence-corrected chi connectivity index (χ1v) is 8.67. The fourth-order valence-electron chi connectivity index (χ4n) is 2.81. The monoisotopic (exact) mass is 333 g/mol. The lowest BCUT2D eigenvalue weighted by atomic mass is 9.98. The molecule has 0 aromatic heterocycles. The van der Waals surface area contributed by atoms with Crippen molar-refractivity contribution in [3.8, 4) is 0 Å². The van der Waals surface area contributed by atoms with Crippen molar-refractivity contribution in [3.63, 3.8) is 0 Å². The van der Waals surface area contributed by atoms with E-state index in [2.05, 4.69) is 16.0 Å². The van der Waals surface area contributed by atoms with E-state index >= 15 is 0 Å². The van der Waals surface area contributed by atoms with Crippen LogP contribution in [0.25, 0.3) is 0 Å². The van der Waals surface area contributed by atoms with Crippen LogP contribution in [0.3, 0.4) is 0 Å². The lowest BCUT2D eigenvalue weighted by Crippen LogP contribution is -2.30. The van der Waals surface area contributed by atoms with Crippen LogP contribution in [-0.4, -0.2) is 31.2 Å². The number of hydrogen-bond donors (Lipinski definition) is 3. The van der Waals surface area contributed by atoms with Crippen molar-refractivity contribution in [2.75, 3.05) is 23.8 Å². The molecule has 0 saturated heterocycles. The summed E-state index contributed by atoms with van der Waals surface area (Å²) < 4.78 is 5.82. The summed E-state index contributed by atoms with van der Waals surface area (Å²) in [6.07, 6.45) is 7.40. The third-order valence-corrected chi connectivity index (χ3v) is 3.95. The number of anilines is 2. The maximum Gasteiger partial charge on any atom is 0.319 e. The zero-order valence-corrected chi connectivity index (χ0v) is 14.3. The SMILES string of the molecule is CC(=O)Nc1cccc(NC(=O)NCCCOC2CCCCC2)c1. The van der Waals surface area contributed by atoms with Gasteiger partial charge in [0.15, 0.2) is 0 Å². The Morgan fingerprint density at radius 1 is 1.12 bits per heavy atom. The summed E-state index contributed by atoms with van der Waals surface area (Å²) in [7, 11) is 0. The van der Waals surface area contributed by atoms with Gasteiger partial charge >= 0.3 is 6.03 Å². The van der Waals surface area contributed by atoms with Crippen LogP contribution in [0.4, 0.5) is 16.2 Å². The molecule has 3 amide bonds. The maximum absolute atomic E-state index is 11.9. The van der Waals surface area contributed by atoms with Crippen LogP contribution in [0, 0.1) is 0 Å². The number of ether oxygens (including phenoxy) is 1. The van der Waals surface area contributed by atoms with Crippen LogP contribution in [0.2, 0.25) is 0 Å². The van der Waals surface area contributed by atoms with E-state index in [1.165, 1.54) is 39.0 Å². The maximum atomic E-state index is 11.9. The third-order valence-electron chi connectivity index (χ3n) is 3.95. The number of rotatable bonds is 7. The molecular formula is C18H27N3O3. The van der Waals surface area contributed by atoms with Crippen molar-refractivity contribution < 1.29 is 14.3 Å². The standard InChI is InChI=1S/C18H27N3O3/c1-14(22)20-15-7-5-8-16(13-15)21-18(23)19-11-6-12-24-17-9-3-2-4-10-17/h5,7-8,13,17H,2-4,6,9-12H2,1H3,(H,20,22)(H2,19,21,23). The highest BCUT2D eigenvalue weighted by atomic mass is 16.5. The average Bonchev–Trinajstić information content (AvgIpc) is 2.55. The lowest BCUT2D eigenvalue weighted by Gasteiger charge is -2.21. The topological polar surface area (TPSA) is 79.5 Å². The molecule has 0 atom stereocenters. The van der Waals surface area contributed by atoms with Gasteiger partial charge in [0.2, 0.25) is 5.91 Å². The molecule has 0 spiro atoms. The van der Waals surface area contributed by atoms with Gasteiger partial charge in [0.1, 0.15) is 0 Å². The van der Waals surface area contributed by atoms with Gasteiger partial charge in [-0.15, -0.1) is 0 Å². The van der Waals surface area contributed by atoms with Crippen LogP contribution in [0.1, 0.15) is 45.4 Å². The van der Waals surface area contributed by atoms with Crippen molar-refractivity contribution in [2.24, 2.45) is 0 Å². The van der Waals surface area contributed by atoms with Crippen molar-refractivity contribution in [3.05, 3.63) is 24.3 Å². The molecule has 1 aliphatic rings. The quantitative estimate of drug-likeness (QED) is 0.668. The first-order valence-electron chi connectivity index (χ1n) is 8.67. The summed E-state index contributed by atoms with van der Waals surface area (Å²) in [6, 6.07) is 6.78. The van der Waals surface area contributed by atoms with Gasteiger partial charge in [0.25, 0.3) is 0 Å². The van der Waals surface area contributed by atoms with E-state index in [0.717, 1.165) is 6.42 Å². The van der Waals surface area contributed by atoms with Gasteiger partial charge in [-0.3, -0.25) is 4.79 Å². The second kappa shape index (κ2) is 9.93. The predicted molar refractivity (Wildman–Crippen MR) is 95.2 cm³/mol. The Bertz CT molecular complexity index is 542. The van der Waals surface area contributed by atoms with Gasteiger partial charge in [-0.1, -0.05) is 25.3 Å². The minimum atomic E-state index is -0.257. The Morgan fingerprint density at radius 2 is 1.83 bits per heavy atom. The largest absolute Gasteiger partial charge is 0.378 e. The minimum absolute atomic E-state index is 0.144. The Hall–Kier alpha value is -2.08. The summed E-state index contributed by atoms with van der Waals surface area (Å²) in [5.41, 5.74) is 1.29. The molecular weight excluding hydrogens is 306 g/mol. The highest BCUT2D eigenvalue weighted by molar-refractivity contribution is 5.92. The van der Waals surface area contributed by atoms with E-state index in [1.807, 2.05) is 0 Å². The predicted octanol–water partition coefficient (Wildman–Crippen LogP) is 3.51. The summed E-state index contributed by atoms with van der Waals surface area (Å²) >= 11 is 0. The Balaban J connectivity index is 1.61. The Labute approximate surface area is 143 Å². The van der Waals surface area contributed by atoms with E-state index in [9.17, 15) is 9.59 Å². The summed E-state index contributed by atoms with van der Waals surface area (Å²) in [6.45, 7) is 2.70. The molecule has 0 unspecified atom stereocenters. The molecule has 3 N–H and O–H groups in total. The molecule has 0 radical (unpaired) electrons. The molecule has 24 heavy (non-hydrogen) atoms. The zero-order chi connectivity index (χ0) is 17.2. The molecule has 1 aromatic rings. The summed E-state index contributed by atoms with van der Waals surface area (Å²) in [5.74, 6) is -0.144. The number of amides is 3.